The molecule has 0 heterocycles. The third-order valence-electron chi connectivity index (χ3n) is 4.19. The molecule has 0 aromatic heterocycles. The number of rotatable bonds is 10. The van der Waals surface area contributed by atoms with Crippen molar-refractivity contribution in [3.63, 3.8) is 0 Å². The van der Waals surface area contributed by atoms with Crippen LogP contribution in [0.3, 0.4) is 0 Å². The third-order valence-corrected chi connectivity index (χ3v) is 4.19. The molecule has 1 N–H and O–H groups in total. The van der Waals surface area contributed by atoms with Gasteiger partial charge in [0.15, 0.2) is 0 Å². The summed E-state index contributed by atoms with van der Waals surface area (Å²) in [5.41, 5.74) is 2.86. The monoisotopic (exact) mass is 290 g/mol. The Morgan fingerprint density at radius 2 is 1.71 bits per heavy atom. The van der Waals surface area contributed by atoms with Gasteiger partial charge >= 0.3 is 0 Å². The number of benzene rings is 1. The first-order valence-electron chi connectivity index (χ1n) is 8.61. The molecule has 1 aromatic rings. The van der Waals surface area contributed by atoms with Crippen molar-refractivity contribution in [1.29, 1.82) is 0 Å². The molecule has 2 atom stereocenters. The van der Waals surface area contributed by atoms with Crippen molar-refractivity contribution in [2.24, 2.45) is 5.92 Å². The van der Waals surface area contributed by atoms with Gasteiger partial charge in [-0.25, -0.2) is 0 Å². The van der Waals surface area contributed by atoms with Crippen LogP contribution in [0, 0.1) is 5.92 Å². The van der Waals surface area contributed by atoms with Gasteiger partial charge in [-0.05, 0) is 37.1 Å². The van der Waals surface area contributed by atoms with Gasteiger partial charge in [-0.2, -0.15) is 0 Å². The van der Waals surface area contributed by atoms with E-state index >= 15 is 0 Å². The molecule has 120 valence electrons. The molecule has 21 heavy (non-hydrogen) atoms. The summed E-state index contributed by atoms with van der Waals surface area (Å²) in [6.07, 6.45) is 3.65. The van der Waals surface area contributed by atoms with Crippen LogP contribution < -0.4 is 5.32 Å². The summed E-state index contributed by atoms with van der Waals surface area (Å²) in [6, 6.07) is 9.61. The Kier molecular flexibility index (Phi) is 8.63. The molecule has 2 nitrogen and oxygen atoms in total. The SMILES string of the molecule is CCCc1ccc(C(CN(C)CC(C)CC)NCC)cc1. The lowest BCUT2D eigenvalue weighted by atomic mass is 10.0. The molecule has 0 radical (unpaired) electrons. The van der Waals surface area contributed by atoms with Crippen LogP contribution in [0.4, 0.5) is 0 Å². The molecule has 0 saturated carbocycles. The van der Waals surface area contributed by atoms with Gasteiger partial charge in [-0.3, -0.25) is 0 Å². The molecule has 0 bridgehead atoms. The zero-order valence-electron chi connectivity index (χ0n) is 14.7. The summed E-state index contributed by atoms with van der Waals surface area (Å²) in [5, 5.41) is 3.63. The van der Waals surface area contributed by atoms with E-state index in [0.717, 1.165) is 19.0 Å². The minimum Gasteiger partial charge on any atom is -0.309 e. The van der Waals surface area contributed by atoms with E-state index in [2.05, 4.69) is 69.2 Å². The van der Waals surface area contributed by atoms with Crippen molar-refractivity contribution < 1.29 is 0 Å². The molecule has 2 heteroatoms. The van der Waals surface area contributed by atoms with Crippen LogP contribution in [0.25, 0.3) is 0 Å². The molecule has 1 rings (SSSR count). The quantitative estimate of drug-likeness (QED) is 0.692. The zero-order chi connectivity index (χ0) is 15.7. The highest BCUT2D eigenvalue weighted by Gasteiger charge is 2.14. The third kappa shape index (κ3) is 6.62. The largest absolute Gasteiger partial charge is 0.309 e. The predicted molar refractivity (Wildman–Crippen MR) is 93.8 cm³/mol. The van der Waals surface area contributed by atoms with Crippen molar-refractivity contribution in [3.8, 4) is 0 Å². The van der Waals surface area contributed by atoms with Gasteiger partial charge < -0.3 is 10.2 Å². The molecule has 0 aliphatic heterocycles. The molecule has 0 aliphatic carbocycles. The van der Waals surface area contributed by atoms with E-state index in [0.29, 0.717) is 6.04 Å². The Labute approximate surface area is 131 Å². The van der Waals surface area contributed by atoms with Crippen LogP contribution >= 0.6 is 0 Å². The summed E-state index contributed by atoms with van der Waals surface area (Å²) in [5.74, 6) is 0.768. The first-order chi connectivity index (χ1) is 10.1. The van der Waals surface area contributed by atoms with E-state index in [1.807, 2.05) is 0 Å². The number of likely N-dealkylation sites (N-methyl/N-ethyl adjacent to an activating group) is 2. The van der Waals surface area contributed by atoms with E-state index in [4.69, 9.17) is 0 Å². The molecule has 2 unspecified atom stereocenters. The van der Waals surface area contributed by atoms with Gasteiger partial charge in [-0.1, -0.05) is 64.8 Å². The van der Waals surface area contributed by atoms with Gasteiger partial charge in [0.25, 0.3) is 0 Å². The standard InChI is InChI=1S/C19H34N2/c1-6-9-17-10-12-18(13-11-17)19(20-8-3)15-21(5)14-16(4)7-2/h10-13,16,19-20H,6-9,14-15H2,1-5H3. The summed E-state index contributed by atoms with van der Waals surface area (Å²) < 4.78 is 0. The van der Waals surface area contributed by atoms with Gasteiger partial charge in [0.1, 0.15) is 0 Å². The highest BCUT2D eigenvalue weighted by Crippen LogP contribution is 2.17. The molecule has 1 aromatic carbocycles. The number of nitrogens with zero attached hydrogens (tertiary/aromatic N) is 1. The van der Waals surface area contributed by atoms with Gasteiger partial charge in [0.2, 0.25) is 0 Å². The number of aryl methyl sites for hydroxylation is 1. The lowest BCUT2D eigenvalue weighted by molar-refractivity contribution is 0.253. The van der Waals surface area contributed by atoms with Gasteiger partial charge in [0, 0.05) is 19.1 Å². The second-order valence-corrected chi connectivity index (χ2v) is 6.34. The lowest BCUT2D eigenvalue weighted by Crippen LogP contribution is -2.35. The van der Waals surface area contributed by atoms with Gasteiger partial charge in [0.05, 0.1) is 0 Å². The average molecular weight is 290 g/mol. The maximum Gasteiger partial charge on any atom is 0.0449 e. The van der Waals surface area contributed by atoms with E-state index in [1.165, 1.54) is 36.9 Å². The van der Waals surface area contributed by atoms with Crippen molar-refractivity contribution in [3.05, 3.63) is 35.4 Å². The molecule has 0 amide bonds. The van der Waals surface area contributed by atoms with E-state index in [-0.39, 0.29) is 0 Å². The highest BCUT2D eigenvalue weighted by atomic mass is 15.1. The fourth-order valence-electron chi connectivity index (χ4n) is 2.79. The summed E-state index contributed by atoms with van der Waals surface area (Å²) in [7, 11) is 2.24. The first-order valence-corrected chi connectivity index (χ1v) is 8.61. The Hall–Kier alpha value is -0.860. The smallest absolute Gasteiger partial charge is 0.0449 e. The first kappa shape index (κ1) is 18.2. The fraction of sp³-hybridized carbons (Fsp3) is 0.684. The van der Waals surface area contributed by atoms with Crippen LogP contribution in [0.2, 0.25) is 0 Å². The second-order valence-electron chi connectivity index (χ2n) is 6.34. The Bertz CT molecular complexity index is 372. The zero-order valence-corrected chi connectivity index (χ0v) is 14.7. The predicted octanol–water partition coefficient (Wildman–Crippen LogP) is 4.27. The lowest BCUT2D eigenvalue weighted by Gasteiger charge is -2.27. The summed E-state index contributed by atoms with van der Waals surface area (Å²) >= 11 is 0. The molecule has 0 aliphatic rings. The maximum absolute atomic E-state index is 3.63. The molecular weight excluding hydrogens is 256 g/mol. The molecular formula is C19H34N2. The highest BCUT2D eigenvalue weighted by molar-refractivity contribution is 5.25. The van der Waals surface area contributed by atoms with Crippen molar-refractivity contribution in [1.82, 2.24) is 10.2 Å². The summed E-state index contributed by atoms with van der Waals surface area (Å²) in [4.78, 5) is 2.46. The van der Waals surface area contributed by atoms with Crippen molar-refractivity contribution in [2.45, 2.75) is 53.0 Å². The molecule has 0 spiro atoms. The van der Waals surface area contributed by atoms with Crippen LogP contribution in [-0.4, -0.2) is 31.6 Å². The van der Waals surface area contributed by atoms with E-state index in [1.54, 1.807) is 0 Å². The van der Waals surface area contributed by atoms with Crippen LogP contribution in [0.15, 0.2) is 24.3 Å². The normalized spacial score (nSPS) is 14.4. The molecule has 0 fully saturated rings. The Morgan fingerprint density at radius 1 is 1.05 bits per heavy atom. The van der Waals surface area contributed by atoms with Crippen LogP contribution in [0.1, 0.15) is 57.7 Å². The van der Waals surface area contributed by atoms with Gasteiger partial charge in [-0.15, -0.1) is 0 Å². The average Bonchev–Trinajstić information content (AvgIpc) is 2.47. The van der Waals surface area contributed by atoms with E-state index < -0.39 is 0 Å². The second kappa shape index (κ2) is 9.97. The number of hydrogen-bond donors (Lipinski definition) is 1. The Balaban J connectivity index is 2.67. The minimum atomic E-state index is 0.430. The summed E-state index contributed by atoms with van der Waals surface area (Å²) in [6.45, 7) is 12.3. The van der Waals surface area contributed by atoms with Crippen LogP contribution in [0.5, 0.6) is 0 Å². The fourth-order valence-corrected chi connectivity index (χ4v) is 2.79. The van der Waals surface area contributed by atoms with Crippen molar-refractivity contribution in [2.75, 3.05) is 26.7 Å². The minimum absolute atomic E-state index is 0.430. The topological polar surface area (TPSA) is 15.3 Å². The molecule has 0 saturated heterocycles. The van der Waals surface area contributed by atoms with Crippen LogP contribution in [-0.2, 0) is 6.42 Å². The number of nitrogens with one attached hydrogen (secondary N) is 1. The van der Waals surface area contributed by atoms with Crippen molar-refractivity contribution >= 4 is 0 Å². The van der Waals surface area contributed by atoms with E-state index in [9.17, 15) is 0 Å². The Morgan fingerprint density at radius 3 is 2.24 bits per heavy atom. The maximum atomic E-state index is 3.63. The number of hydrogen-bond acceptors (Lipinski definition) is 2.